The minimum absolute atomic E-state index is 0.712. The zero-order chi connectivity index (χ0) is 14.5. The van der Waals surface area contributed by atoms with Gasteiger partial charge in [0, 0.05) is 24.0 Å². The normalized spacial score (nSPS) is 10.6. The van der Waals surface area contributed by atoms with Gasteiger partial charge in [-0.15, -0.1) is 0 Å². The van der Waals surface area contributed by atoms with E-state index in [2.05, 4.69) is 41.0 Å². The number of pyridine rings is 1. The Morgan fingerprint density at radius 3 is 2.60 bits per heavy atom. The van der Waals surface area contributed by atoms with Gasteiger partial charge in [0.2, 0.25) is 0 Å². The van der Waals surface area contributed by atoms with Gasteiger partial charge in [-0.3, -0.25) is 4.98 Å². The smallest absolute Gasteiger partial charge is 0.180 e. The maximum absolute atomic E-state index is 4.68. The van der Waals surface area contributed by atoms with Gasteiger partial charge in [-0.2, -0.15) is 0 Å². The molecule has 0 radical (unpaired) electrons. The van der Waals surface area contributed by atoms with Crippen molar-refractivity contribution in [3.8, 4) is 11.5 Å². The molecule has 20 heavy (non-hydrogen) atoms. The minimum Gasteiger partial charge on any atom is -0.370 e. The van der Waals surface area contributed by atoms with E-state index in [4.69, 9.17) is 0 Å². The number of anilines is 1. The third kappa shape index (κ3) is 2.95. The first kappa shape index (κ1) is 14.4. The summed E-state index contributed by atoms with van der Waals surface area (Å²) < 4.78 is 0. The van der Waals surface area contributed by atoms with Crippen LogP contribution in [0.15, 0.2) is 18.3 Å². The lowest BCUT2D eigenvalue weighted by Gasteiger charge is -2.13. The van der Waals surface area contributed by atoms with Gasteiger partial charge < -0.3 is 5.32 Å². The Morgan fingerprint density at radius 2 is 1.95 bits per heavy atom. The number of aromatic nitrogens is 3. The molecule has 2 rings (SSSR count). The van der Waals surface area contributed by atoms with Gasteiger partial charge >= 0.3 is 0 Å². The number of rotatable bonds is 5. The molecule has 4 nitrogen and oxygen atoms in total. The zero-order valence-electron chi connectivity index (χ0n) is 12.7. The van der Waals surface area contributed by atoms with Crippen LogP contribution in [0.1, 0.15) is 37.1 Å². The lowest BCUT2D eigenvalue weighted by atomic mass is 10.1. The lowest BCUT2D eigenvalue weighted by molar-refractivity contribution is 0.932. The van der Waals surface area contributed by atoms with E-state index in [1.807, 2.05) is 19.1 Å². The van der Waals surface area contributed by atoms with E-state index in [1.165, 1.54) is 0 Å². The second-order valence-electron chi connectivity index (χ2n) is 4.92. The number of aryl methyl sites for hydroxylation is 2. The molecule has 0 amide bonds. The molecule has 0 aliphatic rings. The van der Waals surface area contributed by atoms with Gasteiger partial charge in [0.05, 0.1) is 0 Å². The van der Waals surface area contributed by atoms with Crippen LogP contribution in [0.5, 0.6) is 0 Å². The molecule has 0 saturated carbocycles. The molecule has 0 spiro atoms. The highest BCUT2D eigenvalue weighted by atomic mass is 15.0. The van der Waals surface area contributed by atoms with Crippen molar-refractivity contribution >= 4 is 5.82 Å². The van der Waals surface area contributed by atoms with E-state index < -0.39 is 0 Å². The fraction of sp³-hybridized carbons (Fsp3) is 0.438. The summed E-state index contributed by atoms with van der Waals surface area (Å²) >= 11 is 0. The molecule has 0 aliphatic heterocycles. The van der Waals surface area contributed by atoms with Crippen LogP contribution < -0.4 is 5.32 Å². The van der Waals surface area contributed by atoms with Crippen LogP contribution >= 0.6 is 0 Å². The van der Waals surface area contributed by atoms with Crippen LogP contribution in [0, 0.1) is 13.8 Å². The van der Waals surface area contributed by atoms with E-state index >= 15 is 0 Å². The summed E-state index contributed by atoms with van der Waals surface area (Å²) in [6.45, 7) is 9.30. The average Bonchev–Trinajstić information content (AvgIpc) is 2.47. The van der Waals surface area contributed by atoms with Crippen molar-refractivity contribution in [1.82, 2.24) is 15.0 Å². The van der Waals surface area contributed by atoms with E-state index in [0.29, 0.717) is 5.82 Å². The van der Waals surface area contributed by atoms with E-state index in [1.54, 1.807) is 6.20 Å². The van der Waals surface area contributed by atoms with E-state index in [-0.39, 0.29) is 0 Å². The SMILES string of the molecule is CCCNc1nc(-c2ncccc2C)nc(CC)c1C. The van der Waals surface area contributed by atoms with Gasteiger partial charge in [0.1, 0.15) is 11.5 Å². The van der Waals surface area contributed by atoms with Crippen molar-refractivity contribution in [1.29, 1.82) is 0 Å². The standard InChI is InChI=1S/C16H22N4/c1-5-9-18-15-12(4)13(6-2)19-16(20-15)14-11(3)8-7-10-17-14/h7-8,10H,5-6,9H2,1-4H3,(H,18,19,20). The highest BCUT2D eigenvalue weighted by molar-refractivity contribution is 5.59. The molecular weight excluding hydrogens is 248 g/mol. The third-order valence-electron chi connectivity index (χ3n) is 3.35. The van der Waals surface area contributed by atoms with Crippen LogP contribution in [-0.2, 0) is 6.42 Å². The lowest BCUT2D eigenvalue weighted by Crippen LogP contribution is -2.09. The Labute approximate surface area is 120 Å². The molecule has 0 saturated heterocycles. The Balaban J connectivity index is 2.51. The number of hydrogen-bond acceptors (Lipinski definition) is 4. The first-order valence-corrected chi connectivity index (χ1v) is 7.20. The Kier molecular flexibility index (Phi) is 4.66. The molecule has 0 unspecified atom stereocenters. The van der Waals surface area contributed by atoms with Crippen molar-refractivity contribution < 1.29 is 0 Å². The van der Waals surface area contributed by atoms with Crippen LogP contribution in [0.25, 0.3) is 11.5 Å². The molecule has 2 heterocycles. The fourth-order valence-electron chi connectivity index (χ4n) is 2.15. The zero-order valence-corrected chi connectivity index (χ0v) is 12.7. The van der Waals surface area contributed by atoms with E-state index in [9.17, 15) is 0 Å². The van der Waals surface area contributed by atoms with Gasteiger partial charge in [-0.1, -0.05) is 19.9 Å². The summed E-state index contributed by atoms with van der Waals surface area (Å²) in [7, 11) is 0. The maximum Gasteiger partial charge on any atom is 0.180 e. The van der Waals surface area contributed by atoms with Gasteiger partial charge in [-0.25, -0.2) is 9.97 Å². The van der Waals surface area contributed by atoms with E-state index in [0.717, 1.165) is 47.7 Å². The predicted molar refractivity (Wildman–Crippen MR) is 82.9 cm³/mol. The molecule has 2 aromatic heterocycles. The summed E-state index contributed by atoms with van der Waals surface area (Å²) in [5.74, 6) is 1.64. The monoisotopic (exact) mass is 270 g/mol. The third-order valence-corrected chi connectivity index (χ3v) is 3.35. The molecule has 0 aliphatic carbocycles. The molecule has 2 aromatic rings. The van der Waals surface area contributed by atoms with Crippen LogP contribution in [-0.4, -0.2) is 21.5 Å². The molecule has 0 atom stereocenters. The van der Waals surface area contributed by atoms with Gasteiger partial charge in [0.15, 0.2) is 5.82 Å². The van der Waals surface area contributed by atoms with Crippen molar-refractivity contribution in [2.45, 2.75) is 40.5 Å². The highest BCUT2D eigenvalue weighted by Crippen LogP contribution is 2.23. The first-order chi connectivity index (χ1) is 9.67. The summed E-state index contributed by atoms with van der Waals surface area (Å²) in [6.07, 6.45) is 3.76. The van der Waals surface area contributed by atoms with Gasteiger partial charge in [-0.05, 0) is 38.3 Å². The van der Waals surface area contributed by atoms with Crippen molar-refractivity contribution in [3.63, 3.8) is 0 Å². The number of nitrogens with zero attached hydrogens (tertiary/aromatic N) is 3. The topological polar surface area (TPSA) is 50.7 Å². The molecule has 0 fully saturated rings. The Morgan fingerprint density at radius 1 is 1.15 bits per heavy atom. The van der Waals surface area contributed by atoms with Crippen molar-refractivity contribution in [3.05, 3.63) is 35.2 Å². The fourth-order valence-corrected chi connectivity index (χ4v) is 2.15. The predicted octanol–water partition coefficient (Wildman–Crippen LogP) is 3.54. The molecule has 0 aromatic carbocycles. The second kappa shape index (κ2) is 6.46. The largest absolute Gasteiger partial charge is 0.370 e. The maximum atomic E-state index is 4.68. The van der Waals surface area contributed by atoms with Crippen molar-refractivity contribution in [2.24, 2.45) is 0 Å². The summed E-state index contributed by atoms with van der Waals surface area (Å²) in [6, 6.07) is 3.97. The van der Waals surface area contributed by atoms with Crippen LogP contribution in [0.4, 0.5) is 5.82 Å². The minimum atomic E-state index is 0.712. The first-order valence-electron chi connectivity index (χ1n) is 7.20. The van der Waals surface area contributed by atoms with Gasteiger partial charge in [0.25, 0.3) is 0 Å². The number of nitrogens with one attached hydrogen (secondary N) is 1. The van der Waals surface area contributed by atoms with Crippen molar-refractivity contribution in [2.75, 3.05) is 11.9 Å². The highest BCUT2D eigenvalue weighted by Gasteiger charge is 2.13. The summed E-state index contributed by atoms with van der Waals surface area (Å²) in [5, 5.41) is 3.39. The summed E-state index contributed by atoms with van der Waals surface area (Å²) in [4.78, 5) is 13.8. The number of hydrogen-bond donors (Lipinski definition) is 1. The average molecular weight is 270 g/mol. The quantitative estimate of drug-likeness (QED) is 0.903. The summed E-state index contributed by atoms with van der Waals surface area (Å²) in [5.41, 5.74) is 4.18. The van der Waals surface area contributed by atoms with Crippen LogP contribution in [0.2, 0.25) is 0 Å². The second-order valence-corrected chi connectivity index (χ2v) is 4.92. The molecular formula is C16H22N4. The molecule has 1 N–H and O–H groups in total. The molecule has 4 heteroatoms. The molecule has 0 bridgehead atoms. The Hall–Kier alpha value is -1.97. The van der Waals surface area contributed by atoms with Crippen LogP contribution in [0.3, 0.4) is 0 Å². The molecule has 106 valence electrons. The Bertz CT molecular complexity index is 593.